The van der Waals surface area contributed by atoms with Crippen molar-refractivity contribution in [1.29, 1.82) is 0 Å². The molecule has 0 saturated carbocycles. The van der Waals surface area contributed by atoms with E-state index >= 15 is 0 Å². The zero-order valence-electron chi connectivity index (χ0n) is 28.0. The van der Waals surface area contributed by atoms with Crippen molar-refractivity contribution in [1.82, 2.24) is 0 Å². The highest BCUT2D eigenvalue weighted by molar-refractivity contribution is 5.84. The van der Waals surface area contributed by atoms with E-state index < -0.39 is 0 Å². The molecule has 0 saturated heterocycles. The van der Waals surface area contributed by atoms with Crippen LogP contribution in [0.15, 0.2) is 175 Å². The smallest absolute Gasteiger partial charge is 0.0497 e. The number of benzene rings is 5. The molecule has 5 aromatic carbocycles. The van der Waals surface area contributed by atoms with Gasteiger partial charge in [-0.2, -0.15) is 0 Å². The van der Waals surface area contributed by atoms with E-state index in [0.29, 0.717) is 17.8 Å². The molecule has 0 aliphatic heterocycles. The number of aryl methyl sites for hydroxylation is 2. The van der Waals surface area contributed by atoms with Crippen molar-refractivity contribution in [2.75, 3.05) is 0 Å². The minimum atomic E-state index is -0.163. The van der Waals surface area contributed by atoms with Crippen molar-refractivity contribution in [3.8, 4) is 22.3 Å². The lowest BCUT2D eigenvalue weighted by molar-refractivity contribution is 0.378. The summed E-state index contributed by atoms with van der Waals surface area (Å²) in [6, 6.07) is 46.3. The molecule has 0 spiro atoms. The fourth-order valence-electron chi connectivity index (χ4n) is 8.40. The lowest BCUT2D eigenvalue weighted by Gasteiger charge is -2.47. The number of allylic oxidation sites excluding steroid dienone is 8. The Morgan fingerprint density at radius 3 is 1.83 bits per heavy atom. The summed E-state index contributed by atoms with van der Waals surface area (Å²) in [5.41, 5.74) is 15.3. The summed E-state index contributed by atoms with van der Waals surface area (Å²) in [4.78, 5) is 0. The molecule has 3 unspecified atom stereocenters. The molecule has 3 aliphatic rings. The highest BCUT2D eigenvalue weighted by Gasteiger charge is 2.53. The second-order valence-electron chi connectivity index (χ2n) is 13.4. The summed E-state index contributed by atoms with van der Waals surface area (Å²) in [5.74, 6) is 1.17. The normalized spacial score (nSPS) is 20.3. The van der Waals surface area contributed by atoms with Crippen LogP contribution in [0.2, 0.25) is 0 Å². The van der Waals surface area contributed by atoms with E-state index in [9.17, 15) is 0 Å². The Balaban J connectivity index is 0.000000226. The summed E-state index contributed by atoms with van der Waals surface area (Å²) in [5, 5.41) is 0. The third-order valence-corrected chi connectivity index (χ3v) is 10.7. The van der Waals surface area contributed by atoms with E-state index in [4.69, 9.17) is 0 Å². The van der Waals surface area contributed by atoms with Crippen LogP contribution >= 0.6 is 0 Å². The summed E-state index contributed by atoms with van der Waals surface area (Å²) in [6.45, 7) is 9.15. The zero-order valence-corrected chi connectivity index (χ0v) is 28.0. The fraction of sp³-hybridized carbons (Fsp3) is 0.191. The van der Waals surface area contributed by atoms with Gasteiger partial charge in [0.15, 0.2) is 0 Å². The van der Waals surface area contributed by atoms with E-state index in [1.807, 2.05) is 6.07 Å². The van der Waals surface area contributed by atoms with E-state index in [0.717, 1.165) is 6.42 Å². The Hall–Kier alpha value is -4.94. The minimum Gasteiger partial charge on any atom is -0.0839 e. The average Bonchev–Trinajstić information content (AvgIpc) is 3.41. The second kappa shape index (κ2) is 13.0. The average molecular weight is 609 g/mol. The molecular weight excluding hydrogens is 565 g/mol. The van der Waals surface area contributed by atoms with E-state index in [-0.39, 0.29) is 5.41 Å². The quantitative estimate of drug-likeness (QED) is 0.190. The van der Waals surface area contributed by atoms with Crippen LogP contribution in [0.25, 0.3) is 22.3 Å². The molecule has 47 heavy (non-hydrogen) atoms. The number of rotatable bonds is 4. The molecule has 0 radical (unpaired) electrons. The second-order valence-corrected chi connectivity index (χ2v) is 13.4. The van der Waals surface area contributed by atoms with Crippen molar-refractivity contribution in [3.63, 3.8) is 0 Å². The highest BCUT2D eigenvalue weighted by atomic mass is 14.5. The van der Waals surface area contributed by atoms with Crippen LogP contribution in [-0.2, 0) is 5.41 Å². The van der Waals surface area contributed by atoms with Gasteiger partial charge < -0.3 is 0 Å². The van der Waals surface area contributed by atoms with Crippen LogP contribution in [0.1, 0.15) is 54.0 Å². The van der Waals surface area contributed by atoms with Gasteiger partial charge in [-0.15, -0.1) is 0 Å². The van der Waals surface area contributed by atoms with E-state index in [2.05, 4.69) is 185 Å². The van der Waals surface area contributed by atoms with Crippen LogP contribution in [0.4, 0.5) is 0 Å². The Morgan fingerprint density at radius 1 is 0.574 bits per heavy atom. The predicted molar refractivity (Wildman–Crippen MR) is 201 cm³/mol. The van der Waals surface area contributed by atoms with Crippen LogP contribution in [0, 0.1) is 25.7 Å². The van der Waals surface area contributed by atoms with Crippen LogP contribution in [0.5, 0.6) is 0 Å². The standard InChI is InChI=1S/C34H32.C13H12/c1-23-13-4-6-15-26(23)27-18-12-22-31(25(27)3)34(30-19-9-5-14-24(30)2)32-20-10-7-16-28(32)29-17-8-11-21-33(29)34;1-11-7-9-13(10-8-11)12-5-3-2-4-6-12/h4-18,20-22,25,27,30H,19H2,1-3H3;2-10H,1H3. The van der Waals surface area contributed by atoms with Crippen molar-refractivity contribution in [3.05, 3.63) is 203 Å². The maximum atomic E-state index is 2.45. The summed E-state index contributed by atoms with van der Waals surface area (Å²) < 4.78 is 0. The molecule has 3 atom stereocenters. The van der Waals surface area contributed by atoms with Gasteiger partial charge in [-0.1, -0.05) is 187 Å². The van der Waals surface area contributed by atoms with Gasteiger partial charge in [-0.3, -0.25) is 0 Å². The van der Waals surface area contributed by atoms with Gasteiger partial charge in [0.2, 0.25) is 0 Å². The number of hydrogen-bond donors (Lipinski definition) is 0. The van der Waals surface area contributed by atoms with Gasteiger partial charge in [-0.25, -0.2) is 0 Å². The molecule has 0 bridgehead atoms. The van der Waals surface area contributed by atoms with Crippen molar-refractivity contribution >= 4 is 0 Å². The Kier molecular flexibility index (Phi) is 8.52. The first-order chi connectivity index (χ1) is 23.0. The molecule has 232 valence electrons. The molecule has 0 heterocycles. The highest BCUT2D eigenvalue weighted by Crippen LogP contribution is 2.62. The largest absolute Gasteiger partial charge is 0.0839 e. The van der Waals surface area contributed by atoms with Crippen molar-refractivity contribution in [2.45, 2.75) is 45.4 Å². The maximum Gasteiger partial charge on any atom is 0.0497 e. The first-order valence-electron chi connectivity index (χ1n) is 17.1. The number of hydrogen-bond acceptors (Lipinski definition) is 0. The fourth-order valence-corrected chi connectivity index (χ4v) is 8.40. The third-order valence-electron chi connectivity index (χ3n) is 10.7. The lowest BCUT2D eigenvalue weighted by atomic mass is 9.55. The van der Waals surface area contributed by atoms with Gasteiger partial charge in [0.05, 0.1) is 0 Å². The monoisotopic (exact) mass is 608 g/mol. The Bertz CT molecular complexity index is 1950. The first-order valence-corrected chi connectivity index (χ1v) is 17.1. The molecule has 0 amide bonds. The minimum absolute atomic E-state index is 0.163. The van der Waals surface area contributed by atoms with Gasteiger partial charge in [0, 0.05) is 17.3 Å². The molecule has 0 nitrogen and oxygen atoms in total. The number of fused-ring (bicyclic) bond motifs is 3. The Labute approximate surface area is 281 Å². The zero-order chi connectivity index (χ0) is 32.4. The lowest BCUT2D eigenvalue weighted by Crippen LogP contribution is -2.41. The third kappa shape index (κ3) is 5.47. The summed E-state index contributed by atoms with van der Waals surface area (Å²) in [7, 11) is 0. The van der Waals surface area contributed by atoms with Crippen molar-refractivity contribution < 1.29 is 0 Å². The SMILES string of the molecule is CC1=CC=CCC1C1(C2=CC=CC(c3ccccc3C)C2C)c2ccccc2-c2ccccc21.Cc1ccc(-c2ccccc2)cc1. The Morgan fingerprint density at radius 2 is 1.17 bits per heavy atom. The van der Waals surface area contributed by atoms with Gasteiger partial charge in [-0.05, 0) is 77.6 Å². The molecule has 5 aromatic rings. The molecule has 0 aromatic heterocycles. The van der Waals surface area contributed by atoms with Crippen LogP contribution in [-0.4, -0.2) is 0 Å². The van der Waals surface area contributed by atoms with Gasteiger partial charge in [0.25, 0.3) is 0 Å². The van der Waals surface area contributed by atoms with Gasteiger partial charge in [0.1, 0.15) is 0 Å². The molecule has 0 heteroatoms. The predicted octanol–water partition coefficient (Wildman–Crippen LogP) is 12.4. The van der Waals surface area contributed by atoms with Gasteiger partial charge >= 0.3 is 0 Å². The topological polar surface area (TPSA) is 0 Å². The van der Waals surface area contributed by atoms with Crippen LogP contribution < -0.4 is 0 Å². The molecule has 0 N–H and O–H groups in total. The maximum absolute atomic E-state index is 2.45. The first kappa shape index (κ1) is 30.7. The molecule has 3 aliphatic carbocycles. The summed E-state index contributed by atoms with van der Waals surface area (Å²) >= 11 is 0. The molecule has 0 fully saturated rings. The molecule has 8 rings (SSSR count). The summed E-state index contributed by atoms with van der Waals surface area (Å²) in [6.07, 6.45) is 15.2. The van der Waals surface area contributed by atoms with Crippen molar-refractivity contribution in [2.24, 2.45) is 11.8 Å². The molecular formula is C47H44. The van der Waals surface area contributed by atoms with Crippen LogP contribution in [0.3, 0.4) is 0 Å². The van der Waals surface area contributed by atoms with E-state index in [1.165, 1.54) is 55.6 Å². The van der Waals surface area contributed by atoms with E-state index in [1.54, 1.807) is 5.57 Å².